The van der Waals surface area contributed by atoms with Gasteiger partial charge in [-0.15, -0.1) is 0 Å². The molecule has 1 unspecified atom stereocenters. The smallest absolute Gasteiger partial charge is 0.0594 e. The van der Waals surface area contributed by atoms with Crippen molar-refractivity contribution in [2.45, 2.75) is 13.0 Å². The molecular weight excluding hydrogens is 204 g/mol. The Morgan fingerprint density at radius 1 is 1.56 bits per heavy atom. The molecule has 1 aliphatic heterocycles. The standard InChI is InChI=1S/C11H20N4O/c1-10(11-2-3-13-14-11)12-4-5-15-6-8-16-9-7-15/h2-3,10,12H,4-9H2,1H3,(H,13,14). The second kappa shape index (κ2) is 5.98. The van der Waals surface area contributed by atoms with E-state index in [-0.39, 0.29) is 0 Å². The number of aromatic amines is 1. The average Bonchev–Trinajstić information content (AvgIpc) is 2.84. The summed E-state index contributed by atoms with van der Waals surface area (Å²) in [5.74, 6) is 0. The molecule has 1 aromatic heterocycles. The van der Waals surface area contributed by atoms with E-state index in [1.54, 1.807) is 6.20 Å². The number of nitrogens with one attached hydrogen (secondary N) is 2. The molecule has 1 aliphatic rings. The lowest BCUT2D eigenvalue weighted by Gasteiger charge is -2.27. The van der Waals surface area contributed by atoms with Crippen LogP contribution in [-0.2, 0) is 4.74 Å². The maximum atomic E-state index is 5.31. The van der Waals surface area contributed by atoms with Crippen LogP contribution in [-0.4, -0.2) is 54.5 Å². The molecule has 0 bridgehead atoms. The van der Waals surface area contributed by atoms with Gasteiger partial charge >= 0.3 is 0 Å². The Morgan fingerprint density at radius 2 is 2.38 bits per heavy atom. The Balaban J connectivity index is 1.63. The molecule has 1 atom stereocenters. The lowest BCUT2D eigenvalue weighted by atomic mass is 10.2. The number of ether oxygens (including phenoxy) is 1. The molecule has 16 heavy (non-hydrogen) atoms. The molecule has 2 rings (SSSR count). The minimum absolute atomic E-state index is 0.337. The van der Waals surface area contributed by atoms with Crippen molar-refractivity contribution in [2.75, 3.05) is 39.4 Å². The van der Waals surface area contributed by atoms with Gasteiger partial charge in [0, 0.05) is 38.4 Å². The van der Waals surface area contributed by atoms with Gasteiger partial charge < -0.3 is 10.1 Å². The van der Waals surface area contributed by atoms with Crippen molar-refractivity contribution in [2.24, 2.45) is 0 Å². The van der Waals surface area contributed by atoms with E-state index in [0.717, 1.165) is 45.1 Å². The van der Waals surface area contributed by atoms with Gasteiger partial charge in [-0.1, -0.05) is 0 Å². The first-order chi connectivity index (χ1) is 7.86. The molecule has 0 radical (unpaired) electrons. The zero-order chi connectivity index (χ0) is 11.2. The fourth-order valence-electron chi connectivity index (χ4n) is 1.88. The van der Waals surface area contributed by atoms with Gasteiger partial charge in [-0.2, -0.15) is 5.10 Å². The van der Waals surface area contributed by atoms with Crippen LogP contribution in [0.4, 0.5) is 0 Å². The Morgan fingerprint density at radius 3 is 3.06 bits per heavy atom. The zero-order valence-electron chi connectivity index (χ0n) is 9.78. The molecule has 0 spiro atoms. The number of nitrogens with zero attached hydrogens (tertiary/aromatic N) is 2. The highest BCUT2D eigenvalue weighted by molar-refractivity contribution is 5.02. The summed E-state index contributed by atoms with van der Waals surface area (Å²) in [4.78, 5) is 2.43. The first-order valence-corrected chi connectivity index (χ1v) is 5.89. The van der Waals surface area contributed by atoms with Crippen LogP contribution < -0.4 is 5.32 Å². The van der Waals surface area contributed by atoms with Crippen molar-refractivity contribution >= 4 is 0 Å². The van der Waals surface area contributed by atoms with Gasteiger partial charge in [-0.05, 0) is 13.0 Å². The van der Waals surface area contributed by atoms with E-state index in [4.69, 9.17) is 4.74 Å². The molecule has 2 N–H and O–H groups in total. The Hall–Kier alpha value is -0.910. The summed E-state index contributed by atoms with van der Waals surface area (Å²) in [6, 6.07) is 2.34. The number of rotatable bonds is 5. The minimum atomic E-state index is 0.337. The largest absolute Gasteiger partial charge is 0.379 e. The Labute approximate surface area is 96.2 Å². The van der Waals surface area contributed by atoms with Crippen LogP contribution in [0.25, 0.3) is 0 Å². The van der Waals surface area contributed by atoms with Crippen LogP contribution in [0.5, 0.6) is 0 Å². The van der Waals surface area contributed by atoms with E-state index in [1.165, 1.54) is 0 Å². The highest BCUT2D eigenvalue weighted by Crippen LogP contribution is 2.06. The summed E-state index contributed by atoms with van der Waals surface area (Å²) in [7, 11) is 0. The molecule has 0 aromatic carbocycles. The third-order valence-corrected chi connectivity index (χ3v) is 2.97. The van der Waals surface area contributed by atoms with Crippen molar-refractivity contribution in [3.63, 3.8) is 0 Å². The van der Waals surface area contributed by atoms with Gasteiger partial charge in [0.1, 0.15) is 0 Å². The second-order valence-corrected chi connectivity index (χ2v) is 4.14. The maximum absolute atomic E-state index is 5.31. The van der Waals surface area contributed by atoms with Gasteiger partial charge in [0.05, 0.1) is 18.9 Å². The van der Waals surface area contributed by atoms with Crippen molar-refractivity contribution in [3.8, 4) is 0 Å². The lowest BCUT2D eigenvalue weighted by molar-refractivity contribution is 0.0382. The fourth-order valence-corrected chi connectivity index (χ4v) is 1.88. The van der Waals surface area contributed by atoms with Crippen molar-refractivity contribution in [3.05, 3.63) is 18.0 Å². The van der Waals surface area contributed by atoms with E-state index in [2.05, 4.69) is 27.3 Å². The van der Waals surface area contributed by atoms with E-state index in [0.29, 0.717) is 6.04 Å². The molecule has 5 nitrogen and oxygen atoms in total. The first-order valence-electron chi connectivity index (χ1n) is 5.89. The summed E-state index contributed by atoms with van der Waals surface area (Å²) in [6.45, 7) is 8.08. The first kappa shape index (κ1) is 11.6. The zero-order valence-corrected chi connectivity index (χ0v) is 9.78. The monoisotopic (exact) mass is 224 g/mol. The van der Waals surface area contributed by atoms with Crippen molar-refractivity contribution < 1.29 is 4.74 Å². The van der Waals surface area contributed by atoms with Crippen LogP contribution in [0.3, 0.4) is 0 Å². The third-order valence-electron chi connectivity index (χ3n) is 2.97. The normalized spacial score (nSPS) is 19.8. The van der Waals surface area contributed by atoms with Crippen LogP contribution >= 0.6 is 0 Å². The molecule has 1 aromatic rings. The van der Waals surface area contributed by atoms with E-state index >= 15 is 0 Å². The molecule has 1 fully saturated rings. The summed E-state index contributed by atoms with van der Waals surface area (Å²) in [5.41, 5.74) is 1.14. The van der Waals surface area contributed by atoms with Gasteiger partial charge in [0.2, 0.25) is 0 Å². The summed E-state index contributed by atoms with van der Waals surface area (Å²) in [6.07, 6.45) is 1.79. The molecule has 2 heterocycles. The van der Waals surface area contributed by atoms with Gasteiger partial charge in [0.25, 0.3) is 0 Å². The van der Waals surface area contributed by atoms with Gasteiger partial charge in [-0.3, -0.25) is 10.00 Å². The maximum Gasteiger partial charge on any atom is 0.0594 e. The highest BCUT2D eigenvalue weighted by Gasteiger charge is 2.10. The predicted octanol–water partition coefficient (Wildman–Crippen LogP) is 0.393. The van der Waals surface area contributed by atoms with Crippen LogP contribution in [0, 0.1) is 0 Å². The van der Waals surface area contributed by atoms with Gasteiger partial charge in [0.15, 0.2) is 0 Å². The molecule has 90 valence electrons. The molecular formula is C11H20N4O. The van der Waals surface area contributed by atoms with Crippen LogP contribution in [0.2, 0.25) is 0 Å². The molecule has 0 amide bonds. The number of hydrogen-bond acceptors (Lipinski definition) is 4. The third kappa shape index (κ3) is 3.30. The van der Waals surface area contributed by atoms with Crippen LogP contribution in [0.1, 0.15) is 18.7 Å². The summed E-state index contributed by atoms with van der Waals surface area (Å²) >= 11 is 0. The Bertz CT molecular complexity index is 282. The Kier molecular flexibility index (Phi) is 4.33. The van der Waals surface area contributed by atoms with E-state index in [9.17, 15) is 0 Å². The predicted molar refractivity (Wildman–Crippen MR) is 62.3 cm³/mol. The second-order valence-electron chi connectivity index (χ2n) is 4.14. The SMILES string of the molecule is CC(NCCN1CCOCC1)c1ccn[nH]1. The van der Waals surface area contributed by atoms with Crippen LogP contribution in [0.15, 0.2) is 12.3 Å². The fraction of sp³-hybridized carbons (Fsp3) is 0.727. The topological polar surface area (TPSA) is 53.2 Å². The average molecular weight is 224 g/mol. The summed E-state index contributed by atoms with van der Waals surface area (Å²) < 4.78 is 5.31. The van der Waals surface area contributed by atoms with Crippen molar-refractivity contribution in [1.82, 2.24) is 20.4 Å². The van der Waals surface area contributed by atoms with E-state index in [1.807, 2.05) is 6.07 Å². The number of aromatic nitrogens is 2. The highest BCUT2D eigenvalue weighted by atomic mass is 16.5. The minimum Gasteiger partial charge on any atom is -0.379 e. The van der Waals surface area contributed by atoms with E-state index < -0.39 is 0 Å². The number of hydrogen-bond donors (Lipinski definition) is 2. The molecule has 0 saturated carbocycles. The molecule has 1 saturated heterocycles. The summed E-state index contributed by atoms with van der Waals surface area (Å²) in [5, 5.41) is 10.4. The number of H-pyrrole nitrogens is 1. The molecule has 0 aliphatic carbocycles. The molecule has 5 heteroatoms. The quantitative estimate of drug-likeness (QED) is 0.760. The van der Waals surface area contributed by atoms with Crippen molar-refractivity contribution in [1.29, 1.82) is 0 Å². The lowest BCUT2D eigenvalue weighted by Crippen LogP contribution is -2.40. The van der Waals surface area contributed by atoms with Gasteiger partial charge in [-0.25, -0.2) is 0 Å². The number of morpholine rings is 1.